The summed E-state index contributed by atoms with van der Waals surface area (Å²) >= 11 is 0. The third-order valence-electron chi connectivity index (χ3n) is 2.99. The summed E-state index contributed by atoms with van der Waals surface area (Å²) in [5.41, 5.74) is 1.69. The molecule has 0 heterocycles. The molecule has 2 aromatic rings. The van der Waals surface area contributed by atoms with Gasteiger partial charge in [-0.1, -0.05) is 36.8 Å². The van der Waals surface area contributed by atoms with Crippen LogP contribution < -0.4 is 4.74 Å². The molecule has 2 rings (SSSR count). The maximum Gasteiger partial charge on any atom is 0.282 e. The van der Waals surface area contributed by atoms with Crippen LogP contribution in [-0.2, 0) is 10.0 Å². The Morgan fingerprint density at radius 1 is 1.14 bits per heavy atom. The lowest BCUT2D eigenvalue weighted by molar-refractivity contribution is 0.317. The predicted molar refractivity (Wildman–Crippen MR) is 88.2 cm³/mol. The minimum atomic E-state index is -3.68. The molecule has 0 unspecified atom stereocenters. The Labute approximate surface area is 131 Å². The van der Waals surface area contributed by atoms with Crippen molar-refractivity contribution in [3.05, 3.63) is 59.7 Å². The Kier molecular flexibility index (Phi) is 5.33. The Balaban J connectivity index is 2.18. The molecule has 5 heteroatoms. The Bertz CT molecular complexity index is 750. The molecule has 0 aliphatic carbocycles. The SMILES string of the molecule is CCCOc1cccc(/C=N\S(=O)(=O)c2ccc(C)cc2)c1. The normalized spacial score (nSPS) is 11.7. The van der Waals surface area contributed by atoms with E-state index in [0.29, 0.717) is 17.9 Å². The van der Waals surface area contributed by atoms with E-state index in [0.717, 1.165) is 12.0 Å². The summed E-state index contributed by atoms with van der Waals surface area (Å²) in [6.07, 6.45) is 2.26. The second kappa shape index (κ2) is 7.22. The summed E-state index contributed by atoms with van der Waals surface area (Å²) in [4.78, 5) is 0.188. The van der Waals surface area contributed by atoms with E-state index < -0.39 is 10.0 Å². The van der Waals surface area contributed by atoms with Gasteiger partial charge in [0.15, 0.2) is 0 Å². The van der Waals surface area contributed by atoms with Crippen LogP contribution in [0.4, 0.5) is 0 Å². The molecule has 0 aromatic heterocycles. The molecule has 0 bridgehead atoms. The van der Waals surface area contributed by atoms with E-state index >= 15 is 0 Å². The molecular formula is C17H19NO3S. The number of ether oxygens (including phenoxy) is 1. The lowest BCUT2D eigenvalue weighted by Crippen LogP contribution is -1.98. The van der Waals surface area contributed by atoms with Crippen molar-refractivity contribution in [3.8, 4) is 5.75 Å². The van der Waals surface area contributed by atoms with Crippen LogP contribution in [0.5, 0.6) is 5.75 Å². The molecule has 0 amide bonds. The number of benzene rings is 2. The van der Waals surface area contributed by atoms with Gasteiger partial charge >= 0.3 is 0 Å². The molecule has 4 nitrogen and oxygen atoms in total. The van der Waals surface area contributed by atoms with Crippen LogP contribution >= 0.6 is 0 Å². The minimum Gasteiger partial charge on any atom is -0.494 e. The Hall–Kier alpha value is -2.14. The lowest BCUT2D eigenvalue weighted by atomic mass is 10.2. The molecule has 0 aliphatic rings. The highest BCUT2D eigenvalue weighted by atomic mass is 32.2. The van der Waals surface area contributed by atoms with Crippen molar-refractivity contribution in [3.63, 3.8) is 0 Å². The fraction of sp³-hybridized carbons (Fsp3) is 0.235. The highest BCUT2D eigenvalue weighted by Gasteiger charge is 2.10. The smallest absolute Gasteiger partial charge is 0.282 e. The number of nitrogens with zero attached hydrogens (tertiary/aromatic N) is 1. The molecule has 0 N–H and O–H groups in total. The van der Waals surface area contributed by atoms with Gasteiger partial charge in [-0.2, -0.15) is 12.8 Å². The van der Waals surface area contributed by atoms with Gasteiger partial charge in [-0.15, -0.1) is 0 Å². The van der Waals surface area contributed by atoms with Crippen molar-refractivity contribution in [1.29, 1.82) is 0 Å². The van der Waals surface area contributed by atoms with E-state index in [1.165, 1.54) is 6.21 Å². The Morgan fingerprint density at radius 3 is 2.55 bits per heavy atom. The number of aryl methyl sites for hydroxylation is 1. The van der Waals surface area contributed by atoms with Gasteiger partial charge in [0, 0.05) is 6.21 Å². The summed E-state index contributed by atoms with van der Waals surface area (Å²) in [5, 5.41) is 0. The molecule has 0 fully saturated rings. The van der Waals surface area contributed by atoms with E-state index in [1.807, 2.05) is 26.0 Å². The van der Waals surface area contributed by atoms with Crippen LogP contribution in [0.15, 0.2) is 57.8 Å². The number of sulfonamides is 1. The molecule has 116 valence electrons. The minimum absolute atomic E-state index is 0.188. The van der Waals surface area contributed by atoms with Crippen LogP contribution in [0, 0.1) is 6.92 Å². The summed E-state index contributed by atoms with van der Waals surface area (Å²) in [6.45, 7) is 4.56. The number of hydrogen-bond donors (Lipinski definition) is 0. The van der Waals surface area contributed by atoms with Crippen molar-refractivity contribution in [1.82, 2.24) is 0 Å². The maximum absolute atomic E-state index is 12.1. The third kappa shape index (κ3) is 4.43. The van der Waals surface area contributed by atoms with Crippen LogP contribution in [0.25, 0.3) is 0 Å². The monoisotopic (exact) mass is 317 g/mol. The van der Waals surface area contributed by atoms with E-state index in [4.69, 9.17) is 4.74 Å². The molecule has 0 saturated heterocycles. The summed E-state index contributed by atoms with van der Waals surface area (Å²) in [7, 11) is -3.68. The first-order valence-corrected chi connectivity index (χ1v) is 8.55. The first-order valence-electron chi connectivity index (χ1n) is 7.11. The summed E-state index contributed by atoms with van der Waals surface area (Å²) in [6, 6.07) is 13.8. The van der Waals surface area contributed by atoms with Gasteiger partial charge in [0.2, 0.25) is 0 Å². The highest BCUT2D eigenvalue weighted by molar-refractivity contribution is 7.90. The third-order valence-corrected chi connectivity index (χ3v) is 4.24. The standard InChI is InChI=1S/C17H19NO3S/c1-3-11-21-16-6-4-5-15(12-16)13-18-22(19,20)17-9-7-14(2)8-10-17/h4-10,12-13H,3,11H2,1-2H3/b18-13-. The zero-order chi connectivity index (χ0) is 16.0. The van der Waals surface area contributed by atoms with Gasteiger partial charge in [0.25, 0.3) is 10.0 Å². The highest BCUT2D eigenvalue weighted by Crippen LogP contribution is 2.15. The molecule has 0 aliphatic heterocycles. The second-order valence-electron chi connectivity index (χ2n) is 4.94. The van der Waals surface area contributed by atoms with Gasteiger partial charge in [-0.05, 0) is 43.2 Å². The Morgan fingerprint density at radius 2 is 1.86 bits per heavy atom. The van der Waals surface area contributed by atoms with Crippen molar-refractivity contribution >= 4 is 16.2 Å². The van der Waals surface area contributed by atoms with Gasteiger partial charge < -0.3 is 4.74 Å². The van der Waals surface area contributed by atoms with Gasteiger partial charge in [-0.3, -0.25) is 0 Å². The topological polar surface area (TPSA) is 55.7 Å². The first kappa shape index (κ1) is 16.2. The van der Waals surface area contributed by atoms with E-state index in [9.17, 15) is 8.42 Å². The molecular weight excluding hydrogens is 298 g/mol. The van der Waals surface area contributed by atoms with E-state index in [1.54, 1.807) is 36.4 Å². The average molecular weight is 317 g/mol. The quantitative estimate of drug-likeness (QED) is 0.765. The van der Waals surface area contributed by atoms with Gasteiger partial charge in [-0.25, -0.2) is 0 Å². The molecule has 22 heavy (non-hydrogen) atoms. The summed E-state index contributed by atoms with van der Waals surface area (Å²) < 4.78 is 33.5. The molecule has 0 radical (unpaired) electrons. The van der Waals surface area contributed by atoms with Crippen LogP contribution in [-0.4, -0.2) is 21.2 Å². The molecule has 0 spiro atoms. The van der Waals surface area contributed by atoms with E-state index in [2.05, 4.69) is 4.40 Å². The van der Waals surface area contributed by atoms with Crippen LogP contribution in [0.1, 0.15) is 24.5 Å². The molecule has 0 atom stereocenters. The number of rotatable bonds is 6. The predicted octanol–water partition coefficient (Wildman–Crippen LogP) is 3.59. The molecule has 2 aromatic carbocycles. The van der Waals surface area contributed by atoms with Gasteiger partial charge in [0.1, 0.15) is 5.75 Å². The zero-order valence-corrected chi connectivity index (χ0v) is 13.5. The van der Waals surface area contributed by atoms with Gasteiger partial charge in [0.05, 0.1) is 11.5 Å². The molecule has 0 saturated carbocycles. The zero-order valence-electron chi connectivity index (χ0n) is 12.7. The first-order chi connectivity index (χ1) is 10.5. The largest absolute Gasteiger partial charge is 0.494 e. The second-order valence-corrected chi connectivity index (χ2v) is 6.58. The van der Waals surface area contributed by atoms with Crippen LogP contribution in [0.3, 0.4) is 0 Å². The fourth-order valence-electron chi connectivity index (χ4n) is 1.81. The fourth-order valence-corrected chi connectivity index (χ4v) is 2.67. The van der Waals surface area contributed by atoms with Crippen LogP contribution in [0.2, 0.25) is 0 Å². The van der Waals surface area contributed by atoms with Crippen molar-refractivity contribution in [2.45, 2.75) is 25.2 Å². The van der Waals surface area contributed by atoms with Crippen molar-refractivity contribution < 1.29 is 13.2 Å². The summed E-state index contributed by atoms with van der Waals surface area (Å²) in [5.74, 6) is 0.707. The van der Waals surface area contributed by atoms with Crippen molar-refractivity contribution in [2.24, 2.45) is 4.40 Å². The van der Waals surface area contributed by atoms with E-state index in [-0.39, 0.29) is 4.90 Å². The maximum atomic E-state index is 12.1. The number of hydrogen-bond acceptors (Lipinski definition) is 3. The average Bonchev–Trinajstić information content (AvgIpc) is 2.52. The lowest BCUT2D eigenvalue weighted by Gasteiger charge is -2.04. The van der Waals surface area contributed by atoms with Crippen molar-refractivity contribution in [2.75, 3.05) is 6.61 Å².